The van der Waals surface area contributed by atoms with Crippen molar-refractivity contribution in [1.29, 1.82) is 0 Å². The van der Waals surface area contributed by atoms with Gasteiger partial charge in [0.15, 0.2) is 0 Å². The highest BCUT2D eigenvalue weighted by atomic mass is 16.4. The number of rotatable bonds is 7. The first-order valence-corrected chi connectivity index (χ1v) is 11.7. The van der Waals surface area contributed by atoms with Crippen LogP contribution in [0.4, 0.5) is 10.5 Å². The van der Waals surface area contributed by atoms with Gasteiger partial charge in [-0.25, -0.2) is 0 Å². The Labute approximate surface area is 192 Å². The lowest BCUT2D eigenvalue weighted by Gasteiger charge is -2.57. The third-order valence-corrected chi connectivity index (χ3v) is 7.64. The molecule has 4 atom stereocenters. The van der Waals surface area contributed by atoms with E-state index in [1.807, 2.05) is 59.5 Å². The fraction of sp³-hybridized carbons (Fsp3) is 0.423. The molecule has 1 aliphatic heterocycles. The third-order valence-electron chi connectivity index (χ3n) is 7.64. The highest BCUT2D eigenvalue weighted by molar-refractivity contribution is 5.86. The summed E-state index contributed by atoms with van der Waals surface area (Å²) in [5.41, 5.74) is 2.61. The van der Waals surface area contributed by atoms with Crippen molar-refractivity contribution in [3.8, 4) is 0 Å². The molecule has 172 valence electrons. The van der Waals surface area contributed by atoms with Gasteiger partial charge in [0, 0.05) is 42.0 Å². The van der Waals surface area contributed by atoms with Crippen LogP contribution >= 0.6 is 0 Å². The van der Waals surface area contributed by atoms with Crippen molar-refractivity contribution in [2.75, 3.05) is 0 Å². The lowest BCUT2D eigenvalue weighted by Crippen LogP contribution is -2.70. The molecule has 7 nitrogen and oxygen atoms in total. The molecule has 2 aliphatic carbocycles. The van der Waals surface area contributed by atoms with E-state index in [0.29, 0.717) is 6.54 Å². The first kappa shape index (κ1) is 21.6. The molecular formula is C26H29N2O5+. The summed E-state index contributed by atoms with van der Waals surface area (Å²) in [4.78, 5) is 39.3. The van der Waals surface area contributed by atoms with Gasteiger partial charge in [-0.2, -0.15) is 9.28 Å². The average Bonchev–Trinajstić information content (AvgIpc) is 3.61. The molecule has 0 aromatic heterocycles. The van der Waals surface area contributed by atoms with Gasteiger partial charge in [-0.05, 0) is 19.3 Å². The first-order chi connectivity index (χ1) is 15.9. The molecule has 33 heavy (non-hydrogen) atoms. The summed E-state index contributed by atoms with van der Waals surface area (Å²) < 4.78 is -0.150. The number of benzene rings is 2. The maximum absolute atomic E-state index is 13.2. The molecule has 5 rings (SSSR count). The van der Waals surface area contributed by atoms with Gasteiger partial charge in [0.25, 0.3) is 0 Å². The zero-order valence-corrected chi connectivity index (χ0v) is 18.5. The van der Waals surface area contributed by atoms with Crippen LogP contribution in [0.5, 0.6) is 0 Å². The molecule has 0 unspecified atom stereocenters. The number of nitrogens with zero attached hydrogens (tertiary/aromatic N) is 2. The minimum absolute atomic E-state index is 0.0230. The number of hydrogen-bond acceptors (Lipinski definition) is 3. The van der Waals surface area contributed by atoms with Crippen LogP contribution < -0.4 is 4.48 Å². The Balaban J connectivity index is 1.60. The minimum Gasteiger partial charge on any atom is -0.481 e. The van der Waals surface area contributed by atoms with E-state index in [0.717, 1.165) is 42.5 Å². The minimum atomic E-state index is -0.978. The molecule has 0 spiro atoms. The topological polar surface area (TPSA) is 94.9 Å². The number of carboxylic acid groups (broad SMARTS) is 2. The SMILES string of the molecule is O=C(O)CCC(=O)N(C1CC1)[C@H]1c2ccccc2[N@@+](Cc2ccccc2)(C(=O)O)[C@@H]2CC[C@@H]21. The number of carboxylic acids is 1. The van der Waals surface area contributed by atoms with Crippen LogP contribution in [0.15, 0.2) is 54.6 Å². The number of carbonyl (C=O) groups is 3. The van der Waals surface area contributed by atoms with E-state index in [-0.39, 0.29) is 47.3 Å². The largest absolute Gasteiger partial charge is 0.519 e. The maximum atomic E-state index is 13.2. The summed E-state index contributed by atoms with van der Waals surface area (Å²) in [5.74, 6) is -1.08. The van der Waals surface area contributed by atoms with Crippen molar-refractivity contribution < 1.29 is 24.6 Å². The molecule has 0 bridgehead atoms. The molecule has 2 N–H and O–H groups in total. The van der Waals surface area contributed by atoms with Crippen molar-refractivity contribution in [1.82, 2.24) is 9.38 Å². The molecule has 3 aliphatic rings. The number of amides is 2. The van der Waals surface area contributed by atoms with Gasteiger partial charge in [-0.3, -0.25) is 9.59 Å². The molecule has 2 aromatic carbocycles. The highest BCUT2D eigenvalue weighted by Gasteiger charge is 2.63. The summed E-state index contributed by atoms with van der Waals surface area (Å²) >= 11 is 0. The average molecular weight is 450 g/mol. The van der Waals surface area contributed by atoms with Crippen molar-refractivity contribution >= 4 is 23.7 Å². The van der Waals surface area contributed by atoms with Gasteiger partial charge in [0.05, 0.1) is 12.5 Å². The fourth-order valence-electron chi connectivity index (χ4n) is 5.96. The Morgan fingerprint density at radius 2 is 1.58 bits per heavy atom. The second-order valence-corrected chi connectivity index (χ2v) is 9.53. The van der Waals surface area contributed by atoms with Crippen LogP contribution in [0.3, 0.4) is 0 Å². The molecule has 1 heterocycles. The summed E-state index contributed by atoms with van der Waals surface area (Å²) in [6.07, 6.45) is 2.40. The highest BCUT2D eigenvalue weighted by Crippen LogP contribution is 2.57. The fourth-order valence-corrected chi connectivity index (χ4v) is 5.96. The number of carbonyl (C=O) groups excluding carboxylic acids is 1. The molecule has 2 amide bonds. The Hall–Kier alpha value is -3.19. The number of para-hydroxylation sites is 1. The van der Waals surface area contributed by atoms with Crippen LogP contribution in [0.1, 0.15) is 55.7 Å². The molecule has 0 radical (unpaired) electrons. The molecule has 2 saturated carbocycles. The Kier molecular flexibility index (Phi) is 5.44. The molecule has 7 heteroatoms. The van der Waals surface area contributed by atoms with Crippen molar-refractivity contribution in [2.45, 2.75) is 63.2 Å². The monoisotopic (exact) mass is 449 g/mol. The predicted molar refractivity (Wildman–Crippen MR) is 122 cm³/mol. The lowest BCUT2D eigenvalue weighted by molar-refractivity contribution is -0.144. The zero-order valence-electron chi connectivity index (χ0n) is 18.5. The second kappa shape index (κ2) is 8.30. The maximum Gasteiger partial charge on any atom is 0.519 e. The van der Waals surface area contributed by atoms with Crippen LogP contribution in [-0.4, -0.2) is 45.2 Å². The Bertz CT molecular complexity index is 1080. The van der Waals surface area contributed by atoms with Gasteiger partial charge < -0.3 is 15.1 Å². The van der Waals surface area contributed by atoms with Gasteiger partial charge in [0.2, 0.25) is 5.91 Å². The zero-order chi connectivity index (χ0) is 23.2. The van der Waals surface area contributed by atoms with Crippen LogP contribution in [-0.2, 0) is 16.1 Å². The number of quaternary nitrogens is 1. The quantitative estimate of drug-likeness (QED) is 0.604. The van der Waals surface area contributed by atoms with Crippen molar-refractivity contribution in [3.05, 3.63) is 65.7 Å². The van der Waals surface area contributed by atoms with Gasteiger partial charge >= 0.3 is 12.1 Å². The molecule has 2 fully saturated rings. The van der Waals surface area contributed by atoms with Crippen LogP contribution in [0, 0.1) is 5.92 Å². The first-order valence-electron chi connectivity index (χ1n) is 11.7. The normalized spacial score (nSPS) is 27.6. The van der Waals surface area contributed by atoms with Crippen LogP contribution in [0.25, 0.3) is 0 Å². The second-order valence-electron chi connectivity index (χ2n) is 9.53. The number of hydrogen-bond donors (Lipinski definition) is 2. The van der Waals surface area contributed by atoms with E-state index in [4.69, 9.17) is 5.11 Å². The number of aliphatic carboxylic acids is 1. The molecule has 0 saturated heterocycles. The Morgan fingerprint density at radius 3 is 2.18 bits per heavy atom. The molecule has 2 aromatic rings. The van der Waals surface area contributed by atoms with E-state index >= 15 is 0 Å². The van der Waals surface area contributed by atoms with Crippen LogP contribution in [0.2, 0.25) is 0 Å². The standard InChI is InChI=1S/C26H28N2O5/c29-23(14-15-24(30)31)27(18-10-11-18)25-19-8-4-5-9-21(19)28(26(32)33,22-13-12-20(22)25)16-17-6-2-1-3-7-17/h1-9,18,20,22,25H,10-16H2,(H-,30,31,32,33)/p+1/t20-,22+,25-,28+/m0/s1. The van der Waals surface area contributed by atoms with Gasteiger partial charge in [0.1, 0.15) is 18.3 Å². The third kappa shape index (κ3) is 3.60. The predicted octanol–water partition coefficient (Wildman–Crippen LogP) is 4.56. The molecular weight excluding hydrogens is 420 g/mol. The van der Waals surface area contributed by atoms with Gasteiger partial charge in [-0.1, -0.05) is 48.5 Å². The summed E-state index contributed by atoms with van der Waals surface area (Å²) in [6, 6.07) is 17.2. The van der Waals surface area contributed by atoms with E-state index < -0.39 is 12.1 Å². The van der Waals surface area contributed by atoms with Crippen molar-refractivity contribution in [2.24, 2.45) is 5.92 Å². The summed E-state index contributed by atoms with van der Waals surface area (Å²) in [5, 5.41) is 19.7. The lowest BCUT2D eigenvalue weighted by atomic mass is 9.66. The number of fused-ring (bicyclic) bond motifs is 2. The van der Waals surface area contributed by atoms with Crippen molar-refractivity contribution in [3.63, 3.8) is 0 Å². The van der Waals surface area contributed by atoms with E-state index in [1.165, 1.54) is 0 Å². The Morgan fingerprint density at radius 1 is 0.879 bits per heavy atom. The smallest absolute Gasteiger partial charge is 0.481 e. The summed E-state index contributed by atoms with van der Waals surface area (Å²) in [7, 11) is 0. The van der Waals surface area contributed by atoms with E-state index in [9.17, 15) is 19.5 Å². The van der Waals surface area contributed by atoms with E-state index in [1.54, 1.807) is 0 Å². The summed E-state index contributed by atoms with van der Waals surface area (Å²) in [6.45, 7) is 0.359. The van der Waals surface area contributed by atoms with Gasteiger partial charge in [-0.15, -0.1) is 0 Å². The van der Waals surface area contributed by atoms with E-state index in [2.05, 4.69) is 0 Å².